The highest BCUT2D eigenvalue weighted by molar-refractivity contribution is 5.78. The SMILES string of the molecule is NNC(=O)C1C[C@@H]2C[C@H](C1)N2C=O. The van der Waals surface area contributed by atoms with E-state index in [0.29, 0.717) is 0 Å². The molecular weight excluding hydrogens is 170 g/mol. The quantitative estimate of drug-likeness (QED) is 0.249. The number of hydrazine groups is 1. The maximum absolute atomic E-state index is 11.2. The Morgan fingerprint density at radius 1 is 1.38 bits per heavy atom. The van der Waals surface area contributed by atoms with E-state index in [9.17, 15) is 9.59 Å². The van der Waals surface area contributed by atoms with E-state index in [1.807, 2.05) is 0 Å². The van der Waals surface area contributed by atoms with Crippen LogP contribution in [-0.2, 0) is 9.59 Å². The fourth-order valence-electron chi connectivity index (χ4n) is 2.41. The van der Waals surface area contributed by atoms with Crippen LogP contribution in [0.2, 0.25) is 0 Å². The maximum Gasteiger partial charge on any atom is 0.237 e. The number of nitrogens with two attached hydrogens (primary N) is 1. The average molecular weight is 183 g/mol. The molecule has 0 radical (unpaired) electrons. The highest BCUT2D eigenvalue weighted by atomic mass is 16.2. The van der Waals surface area contributed by atoms with Crippen molar-refractivity contribution in [2.75, 3.05) is 0 Å². The molecule has 1 aliphatic carbocycles. The fraction of sp³-hybridized carbons (Fsp3) is 0.750. The van der Waals surface area contributed by atoms with Crippen molar-refractivity contribution < 1.29 is 9.59 Å². The predicted molar refractivity (Wildman–Crippen MR) is 45.2 cm³/mol. The van der Waals surface area contributed by atoms with Crippen LogP contribution in [0.25, 0.3) is 0 Å². The first kappa shape index (κ1) is 8.50. The summed E-state index contributed by atoms with van der Waals surface area (Å²) in [5.41, 5.74) is 2.16. The lowest BCUT2D eigenvalue weighted by Gasteiger charge is -2.53. The average Bonchev–Trinajstić information content (AvgIpc) is 2.17. The normalized spacial score (nSPS) is 36.4. The van der Waals surface area contributed by atoms with Crippen LogP contribution in [0.5, 0.6) is 0 Å². The van der Waals surface area contributed by atoms with E-state index in [4.69, 9.17) is 5.84 Å². The van der Waals surface area contributed by atoms with Gasteiger partial charge in [-0.3, -0.25) is 15.0 Å². The molecule has 0 spiro atoms. The first-order valence-corrected chi connectivity index (χ1v) is 4.49. The molecule has 0 aromatic carbocycles. The van der Waals surface area contributed by atoms with Gasteiger partial charge >= 0.3 is 0 Å². The van der Waals surface area contributed by atoms with Crippen LogP contribution in [0, 0.1) is 5.92 Å². The molecule has 2 aliphatic heterocycles. The van der Waals surface area contributed by atoms with Crippen molar-refractivity contribution in [2.45, 2.75) is 31.3 Å². The van der Waals surface area contributed by atoms with Gasteiger partial charge in [-0.1, -0.05) is 0 Å². The lowest BCUT2D eigenvalue weighted by molar-refractivity contribution is -0.144. The van der Waals surface area contributed by atoms with Crippen LogP contribution >= 0.6 is 0 Å². The Morgan fingerprint density at radius 2 is 2.00 bits per heavy atom. The molecule has 2 bridgehead atoms. The Labute approximate surface area is 76.2 Å². The summed E-state index contributed by atoms with van der Waals surface area (Å²) in [7, 11) is 0. The molecule has 13 heavy (non-hydrogen) atoms. The van der Waals surface area contributed by atoms with E-state index < -0.39 is 0 Å². The van der Waals surface area contributed by atoms with E-state index >= 15 is 0 Å². The fourth-order valence-corrected chi connectivity index (χ4v) is 2.41. The summed E-state index contributed by atoms with van der Waals surface area (Å²) in [4.78, 5) is 23.5. The third kappa shape index (κ3) is 1.19. The van der Waals surface area contributed by atoms with Crippen molar-refractivity contribution >= 4 is 12.3 Å². The summed E-state index contributed by atoms with van der Waals surface area (Å²) in [6, 6.07) is 0.553. The second kappa shape index (κ2) is 2.99. The van der Waals surface area contributed by atoms with Crippen LogP contribution in [-0.4, -0.2) is 29.3 Å². The van der Waals surface area contributed by atoms with Crippen molar-refractivity contribution in [3.8, 4) is 0 Å². The van der Waals surface area contributed by atoms with Crippen molar-refractivity contribution in [1.29, 1.82) is 0 Å². The van der Waals surface area contributed by atoms with Gasteiger partial charge < -0.3 is 4.90 Å². The number of carbonyl (C=O) groups is 2. The van der Waals surface area contributed by atoms with E-state index in [2.05, 4.69) is 5.43 Å². The lowest BCUT2D eigenvalue weighted by Crippen LogP contribution is -2.61. The molecule has 5 nitrogen and oxygen atoms in total. The lowest BCUT2D eigenvalue weighted by atomic mass is 9.74. The minimum atomic E-state index is -0.0970. The second-order valence-electron chi connectivity index (χ2n) is 3.77. The van der Waals surface area contributed by atoms with Crippen LogP contribution in [0.15, 0.2) is 0 Å². The highest BCUT2D eigenvalue weighted by Crippen LogP contribution is 2.39. The number of nitrogens with one attached hydrogen (secondary N) is 1. The zero-order chi connectivity index (χ0) is 9.42. The third-order valence-corrected chi connectivity index (χ3v) is 3.14. The first-order chi connectivity index (χ1) is 6.26. The van der Waals surface area contributed by atoms with Gasteiger partial charge in [0.25, 0.3) is 0 Å². The molecule has 1 saturated carbocycles. The summed E-state index contributed by atoms with van der Waals surface area (Å²) >= 11 is 0. The van der Waals surface area contributed by atoms with Gasteiger partial charge in [0.15, 0.2) is 0 Å². The molecule has 0 aromatic rings. The van der Waals surface area contributed by atoms with Crippen LogP contribution in [0.4, 0.5) is 0 Å². The number of hydrogen-bond donors (Lipinski definition) is 2. The van der Waals surface area contributed by atoms with Crippen molar-refractivity contribution in [2.24, 2.45) is 11.8 Å². The summed E-state index contributed by atoms with van der Waals surface area (Å²) in [5.74, 6) is 4.96. The second-order valence-corrected chi connectivity index (χ2v) is 3.77. The molecule has 5 heteroatoms. The number of nitrogens with zero attached hydrogens (tertiary/aromatic N) is 1. The molecule has 3 rings (SSSR count). The molecule has 3 fully saturated rings. The van der Waals surface area contributed by atoms with Gasteiger partial charge in [-0.05, 0) is 19.3 Å². The smallest absolute Gasteiger partial charge is 0.237 e. The predicted octanol–water partition coefficient (Wildman–Crippen LogP) is -1.01. The van der Waals surface area contributed by atoms with Crippen LogP contribution < -0.4 is 11.3 Å². The van der Waals surface area contributed by atoms with E-state index in [0.717, 1.165) is 25.7 Å². The molecule has 2 saturated heterocycles. The molecule has 1 unspecified atom stereocenters. The molecular formula is C8H13N3O2. The molecule has 3 N–H and O–H groups in total. The summed E-state index contributed by atoms with van der Waals surface area (Å²) in [6.07, 6.45) is 3.46. The van der Waals surface area contributed by atoms with Gasteiger partial charge in [0, 0.05) is 18.0 Å². The first-order valence-electron chi connectivity index (χ1n) is 4.49. The zero-order valence-corrected chi connectivity index (χ0v) is 7.27. The summed E-state index contributed by atoms with van der Waals surface area (Å²) in [5, 5.41) is 0. The molecule has 2 heterocycles. The van der Waals surface area contributed by atoms with Gasteiger partial charge in [0.1, 0.15) is 0 Å². The molecule has 72 valence electrons. The van der Waals surface area contributed by atoms with Crippen LogP contribution in [0.1, 0.15) is 19.3 Å². The molecule has 2 amide bonds. The largest absolute Gasteiger partial charge is 0.339 e. The number of carbonyl (C=O) groups excluding carboxylic acids is 2. The van der Waals surface area contributed by atoms with Gasteiger partial charge in [-0.2, -0.15) is 0 Å². The Kier molecular flexibility index (Phi) is 1.95. The molecule has 3 atom stereocenters. The Hall–Kier alpha value is -1.10. The zero-order valence-electron chi connectivity index (χ0n) is 7.27. The number of fused-ring (bicyclic) bond motifs is 2. The van der Waals surface area contributed by atoms with Gasteiger partial charge in [-0.15, -0.1) is 0 Å². The van der Waals surface area contributed by atoms with Gasteiger partial charge in [-0.25, -0.2) is 5.84 Å². The summed E-state index contributed by atoms with van der Waals surface area (Å²) in [6.45, 7) is 0. The summed E-state index contributed by atoms with van der Waals surface area (Å²) < 4.78 is 0. The van der Waals surface area contributed by atoms with Crippen molar-refractivity contribution in [3.05, 3.63) is 0 Å². The van der Waals surface area contributed by atoms with E-state index in [1.165, 1.54) is 0 Å². The Bertz CT molecular complexity index is 232. The molecule has 0 aromatic heterocycles. The van der Waals surface area contributed by atoms with E-state index in [1.54, 1.807) is 4.90 Å². The van der Waals surface area contributed by atoms with Gasteiger partial charge in [0.05, 0.1) is 0 Å². The Balaban J connectivity index is 1.96. The number of piperidine rings is 1. The number of amides is 2. The van der Waals surface area contributed by atoms with Crippen molar-refractivity contribution in [1.82, 2.24) is 10.3 Å². The van der Waals surface area contributed by atoms with E-state index in [-0.39, 0.29) is 23.9 Å². The third-order valence-electron chi connectivity index (χ3n) is 3.14. The highest BCUT2D eigenvalue weighted by Gasteiger charge is 2.46. The monoisotopic (exact) mass is 183 g/mol. The topological polar surface area (TPSA) is 75.4 Å². The minimum absolute atomic E-state index is 0.00458. The van der Waals surface area contributed by atoms with Gasteiger partial charge in [0.2, 0.25) is 12.3 Å². The Morgan fingerprint density at radius 3 is 2.46 bits per heavy atom. The number of hydrogen-bond acceptors (Lipinski definition) is 3. The molecule has 3 aliphatic rings. The van der Waals surface area contributed by atoms with Crippen molar-refractivity contribution in [3.63, 3.8) is 0 Å². The maximum atomic E-state index is 11.2. The standard InChI is InChI=1S/C8H13N3O2/c9-10-8(13)5-1-6-3-7(2-5)11(6)4-12/h4-7H,1-3,9H2,(H,10,13)/t5?,6-,7+. The minimum Gasteiger partial charge on any atom is -0.339 e. The number of rotatable bonds is 2. The van der Waals surface area contributed by atoms with Crippen LogP contribution in [0.3, 0.4) is 0 Å².